The predicted molar refractivity (Wildman–Crippen MR) is 84.8 cm³/mol. The minimum atomic E-state index is -3.55. The molecule has 0 bridgehead atoms. The van der Waals surface area contributed by atoms with Crippen LogP contribution in [0.2, 0.25) is 0 Å². The van der Waals surface area contributed by atoms with E-state index in [9.17, 15) is 13.5 Å². The van der Waals surface area contributed by atoms with Crippen molar-refractivity contribution < 1.29 is 13.5 Å². The van der Waals surface area contributed by atoms with Crippen LogP contribution >= 0.6 is 11.3 Å². The highest BCUT2D eigenvalue weighted by atomic mass is 32.2. The number of rotatable bonds is 5. The van der Waals surface area contributed by atoms with Crippen LogP contribution in [0.4, 0.5) is 0 Å². The van der Waals surface area contributed by atoms with Gasteiger partial charge in [-0.3, -0.25) is 0 Å². The Hall–Kier alpha value is -1.21. The van der Waals surface area contributed by atoms with Crippen LogP contribution in [0.3, 0.4) is 0 Å². The number of hydrogen-bond donors (Lipinski definition) is 1. The topological polar surface area (TPSA) is 57.6 Å². The van der Waals surface area contributed by atoms with E-state index in [4.69, 9.17) is 0 Å². The van der Waals surface area contributed by atoms with E-state index in [1.807, 2.05) is 24.4 Å². The highest BCUT2D eigenvalue weighted by molar-refractivity contribution is 7.89. The maximum atomic E-state index is 12.6. The first kappa shape index (κ1) is 16.2. The maximum Gasteiger partial charge on any atom is 0.243 e. The van der Waals surface area contributed by atoms with Gasteiger partial charge in [-0.25, -0.2) is 8.42 Å². The third kappa shape index (κ3) is 3.35. The van der Waals surface area contributed by atoms with Crippen molar-refractivity contribution in [3.8, 4) is 0 Å². The molecule has 1 heterocycles. The van der Waals surface area contributed by atoms with Gasteiger partial charge in [0.2, 0.25) is 10.0 Å². The van der Waals surface area contributed by atoms with Crippen LogP contribution < -0.4 is 0 Å². The number of benzene rings is 1. The molecule has 0 radical (unpaired) electrons. The molecule has 1 aromatic carbocycles. The van der Waals surface area contributed by atoms with Gasteiger partial charge in [-0.2, -0.15) is 4.31 Å². The molecule has 0 fully saturated rings. The number of sulfonamides is 1. The zero-order chi connectivity index (χ0) is 15.6. The third-order valence-electron chi connectivity index (χ3n) is 3.54. The molecule has 2 unspecified atom stereocenters. The van der Waals surface area contributed by atoms with Gasteiger partial charge in [0.15, 0.2) is 0 Å². The minimum Gasteiger partial charge on any atom is -0.389 e. The normalized spacial score (nSPS) is 15.1. The molecule has 1 aromatic heterocycles. The summed E-state index contributed by atoms with van der Waals surface area (Å²) < 4.78 is 26.6. The first-order valence-corrected chi connectivity index (χ1v) is 8.95. The number of nitrogens with zero attached hydrogens (tertiary/aromatic N) is 1. The van der Waals surface area contributed by atoms with Gasteiger partial charge in [0, 0.05) is 11.9 Å². The highest BCUT2D eigenvalue weighted by Gasteiger charge is 2.26. The fourth-order valence-electron chi connectivity index (χ4n) is 2.00. The summed E-state index contributed by atoms with van der Waals surface area (Å²) in [5.74, 6) is 0. The predicted octanol–water partition coefficient (Wildman–Crippen LogP) is 3.18. The Kier molecular flexibility index (Phi) is 4.83. The van der Waals surface area contributed by atoms with E-state index in [0.29, 0.717) is 5.56 Å². The van der Waals surface area contributed by atoms with E-state index in [2.05, 4.69) is 0 Å². The monoisotopic (exact) mass is 325 g/mol. The average Bonchev–Trinajstić information content (AvgIpc) is 3.00. The van der Waals surface area contributed by atoms with Gasteiger partial charge in [0.1, 0.15) is 0 Å². The Morgan fingerprint density at radius 2 is 1.76 bits per heavy atom. The molecule has 0 aliphatic rings. The van der Waals surface area contributed by atoms with Crippen LogP contribution in [-0.2, 0) is 10.0 Å². The molecule has 6 heteroatoms. The first-order chi connectivity index (χ1) is 9.84. The van der Waals surface area contributed by atoms with E-state index >= 15 is 0 Å². The van der Waals surface area contributed by atoms with Gasteiger partial charge in [-0.05, 0) is 43.0 Å². The molecule has 4 nitrogen and oxygen atoms in total. The summed E-state index contributed by atoms with van der Waals surface area (Å²) in [5, 5.41) is 11.4. The fraction of sp³-hybridized carbons (Fsp3) is 0.333. The van der Waals surface area contributed by atoms with Crippen LogP contribution in [0.1, 0.15) is 36.4 Å². The lowest BCUT2D eigenvalue weighted by Crippen LogP contribution is -2.29. The number of hydrogen-bond acceptors (Lipinski definition) is 4. The second-order valence-corrected chi connectivity index (χ2v) is 7.93. The zero-order valence-electron chi connectivity index (χ0n) is 12.2. The van der Waals surface area contributed by atoms with Gasteiger partial charge >= 0.3 is 0 Å². The van der Waals surface area contributed by atoms with Crippen LogP contribution in [0.15, 0.2) is 46.7 Å². The van der Waals surface area contributed by atoms with Crippen LogP contribution in [0, 0.1) is 0 Å². The first-order valence-electron chi connectivity index (χ1n) is 6.63. The maximum absolute atomic E-state index is 12.6. The van der Waals surface area contributed by atoms with Gasteiger partial charge in [-0.1, -0.05) is 18.2 Å². The molecule has 114 valence electrons. The minimum absolute atomic E-state index is 0.216. The number of aliphatic hydroxyl groups is 1. The second-order valence-electron chi connectivity index (χ2n) is 4.96. The van der Waals surface area contributed by atoms with E-state index in [1.165, 1.54) is 27.8 Å². The summed E-state index contributed by atoms with van der Waals surface area (Å²) in [6.45, 7) is 3.52. The summed E-state index contributed by atoms with van der Waals surface area (Å²) in [6.07, 6.45) is -0.607. The largest absolute Gasteiger partial charge is 0.389 e. The molecular weight excluding hydrogens is 306 g/mol. The van der Waals surface area contributed by atoms with Crippen LogP contribution in [-0.4, -0.2) is 24.9 Å². The Bertz CT molecular complexity index is 676. The van der Waals surface area contributed by atoms with Gasteiger partial charge in [0.05, 0.1) is 17.0 Å². The number of aliphatic hydroxyl groups excluding tert-OH is 1. The molecule has 0 aliphatic carbocycles. The van der Waals surface area contributed by atoms with E-state index in [0.717, 1.165) is 4.88 Å². The molecule has 1 N–H and O–H groups in total. The zero-order valence-corrected chi connectivity index (χ0v) is 13.9. The van der Waals surface area contributed by atoms with E-state index in [-0.39, 0.29) is 10.9 Å². The third-order valence-corrected chi connectivity index (χ3v) is 6.52. The summed E-state index contributed by atoms with van der Waals surface area (Å²) in [5.41, 5.74) is 0.697. The summed E-state index contributed by atoms with van der Waals surface area (Å²) in [7, 11) is -1.96. The van der Waals surface area contributed by atoms with Gasteiger partial charge in [0.25, 0.3) is 0 Å². The van der Waals surface area contributed by atoms with Crippen molar-refractivity contribution in [3.05, 3.63) is 52.2 Å². The van der Waals surface area contributed by atoms with Crippen LogP contribution in [0.25, 0.3) is 0 Å². The highest BCUT2D eigenvalue weighted by Crippen LogP contribution is 2.28. The molecule has 0 amide bonds. The van der Waals surface area contributed by atoms with Crippen molar-refractivity contribution in [2.45, 2.75) is 30.9 Å². The van der Waals surface area contributed by atoms with Gasteiger partial charge in [-0.15, -0.1) is 11.3 Å². The molecule has 21 heavy (non-hydrogen) atoms. The summed E-state index contributed by atoms with van der Waals surface area (Å²) in [6, 6.07) is 9.98. The van der Waals surface area contributed by atoms with Crippen LogP contribution in [0.5, 0.6) is 0 Å². The van der Waals surface area contributed by atoms with Crippen molar-refractivity contribution in [1.82, 2.24) is 4.31 Å². The Balaban J connectivity index is 2.28. The molecular formula is C15H19NO3S2. The SMILES string of the molecule is CC(O)c1ccc(S(=O)(=O)N(C)C(C)c2cccs2)cc1. The standard InChI is InChI=1S/C15H19NO3S2/c1-11(15-5-4-10-20-15)16(3)21(18,19)14-8-6-13(7-9-14)12(2)17/h4-12,17H,1-3H3. The van der Waals surface area contributed by atoms with E-state index in [1.54, 1.807) is 26.1 Å². The lowest BCUT2D eigenvalue weighted by molar-refractivity contribution is 0.199. The molecule has 2 atom stereocenters. The van der Waals surface area contributed by atoms with Crippen molar-refractivity contribution >= 4 is 21.4 Å². The summed E-state index contributed by atoms with van der Waals surface area (Å²) in [4.78, 5) is 1.24. The second kappa shape index (κ2) is 6.27. The van der Waals surface area contributed by atoms with Crippen molar-refractivity contribution in [2.24, 2.45) is 0 Å². The summed E-state index contributed by atoms with van der Waals surface area (Å²) >= 11 is 1.54. The van der Waals surface area contributed by atoms with Crippen molar-refractivity contribution in [1.29, 1.82) is 0 Å². The lowest BCUT2D eigenvalue weighted by atomic mass is 10.1. The fourth-order valence-corrected chi connectivity index (χ4v) is 4.24. The van der Waals surface area contributed by atoms with Crippen molar-refractivity contribution in [2.75, 3.05) is 7.05 Å². The molecule has 0 spiro atoms. The van der Waals surface area contributed by atoms with E-state index < -0.39 is 16.1 Å². The Labute approximate surface area is 129 Å². The molecule has 2 rings (SSSR count). The smallest absolute Gasteiger partial charge is 0.243 e. The lowest BCUT2D eigenvalue weighted by Gasteiger charge is -2.23. The Morgan fingerprint density at radius 3 is 2.24 bits per heavy atom. The van der Waals surface area contributed by atoms with Gasteiger partial charge < -0.3 is 5.11 Å². The molecule has 2 aromatic rings. The molecule has 0 aliphatic heterocycles. The molecule has 0 saturated carbocycles. The number of thiophene rings is 1. The quantitative estimate of drug-likeness (QED) is 0.918. The average molecular weight is 325 g/mol. The van der Waals surface area contributed by atoms with Crippen molar-refractivity contribution in [3.63, 3.8) is 0 Å². The Morgan fingerprint density at radius 1 is 1.14 bits per heavy atom. The molecule has 0 saturated heterocycles.